The van der Waals surface area contributed by atoms with Crippen molar-refractivity contribution in [3.8, 4) is 17.2 Å². The van der Waals surface area contributed by atoms with Gasteiger partial charge in [-0.05, 0) is 34.2 Å². The van der Waals surface area contributed by atoms with Crippen LogP contribution in [0.4, 0.5) is 5.82 Å². The first-order valence-electron chi connectivity index (χ1n) is 6.54. The number of benzene rings is 1. The molecule has 1 aromatic heterocycles. The SMILES string of the molecule is COc1ccc(C(=O)COc2cccnc2[N+](=O)[O-])c(OC)c1. The Morgan fingerprint density at radius 1 is 1.22 bits per heavy atom. The van der Waals surface area contributed by atoms with Gasteiger partial charge in [0.2, 0.25) is 11.5 Å². The molecule has 0 N–H and O–H groups in total. The Kier molecular flexibility index (Phi) is 5.08. The van der Waals surface area contributed by atoms with E-state index in [9.17, 15) is 14.9 Å². The van der Waals surface area contributed by atoms with E-state index < -0.39 is 10.7 Å². The van der Waals surface area contributed by atoms with Gasteiger partial charge in [0.1, 0.15) is 17.7 Å². The lowest BCUT2D eigenvalue weighted by molar-refractivity contribution is -0.390. The van der Waals surface area contributed by atoms with E-state index in [-0.39, 0.29) is 18.1 Å². The topological polar surface area (TPSA) is 101 Å². The number of carbonyl (C=O) groups is 1. The third-order valence-corrected chi connectivity index (χ3v) is 2.99. The monoisotopic (exact) mass is 318 g/mol. The van der Waals surface area contributed by atoms with Crippen molar-refractivity contribution in [2.24, 2.45) is 0 Å². The van der Waals surface area contributed by atoms with Crippen LogP contribution in [0.3, 0.4) is 0 Å². The number of hydrogen-bond acceptors (Lipinski definition) is 7. The molecular formula is C15H14N2O6. The van der Waals surface area contributed by atoms with Gasteiger partial charge in [-0.25, -0.2) is 0 Å². The van der Waals surface area contributed by atoms with Crippen molar-refractivity contribution in [2.45, 2.75) is 0 Å². The van der Waals surface area contributed by atoms with Gasteiger partial charge in [-0.2, -0.15) is 0 Å². The number of hydrogen-bond donors (Lipinski definition) is 0. The van der Waals surface area contributed by atoms with E-state index in [4.69, 9.17) is 14.2 Å². The van der Waals surface area contributed by atoms with E-state index in [0.717, 1.165) is 0 Å². The Labute approximate surface area is 131 Å². The highest BCUT2D eigenvalue weighted by Crippen LogP contribution is 2.26. The van der Waals surface area contributed by atoms with Gasteiger partial charge in [-0.1, -0.05) is 0 Å². The molecule has 0 fully saturated rings. The molecule has 0 saturated heterocycles. The molecule has 1 heterocycles. The molecule has 0 aliphatic rings. The molecule has 2 aromatic rings. The molecule has 0 bridgehead atoms. The van der Waals surface area contributed by atoms with Crippen molar-refractivity contribution in [1.82, 2.24) is 4.98 Å². The maximum atomic E-state index is 12.2. The summed E-state index contributed by atoms with van der Waals surface area (Å²) in [4.78, 5) is 26.0. The molecule has 0 aliphatic heterocycles. The number of rotatable bonds is 7. The van der Waals surface area contributed by atoms with Gasteiger partial charge in [0.15, 0.2) is 6.61 Å². The molecule has 1 aromatic carbocycles. The zero-order chi connectivity index (χ0) is 16.8. The van der Waals surface area contributed by atoms with Gasteiger partial charge >= 0.3 is 5.82 Å². The summed E-state index contributed by atoms with van der Waals surface area (Å²) in [5.41, 5.74) is 0.292. The Morgan fingerprint density at radius 3 is 2.65 bits per heavy atom. The summed E-state index contributed by atoms with van der Waals surface area (Å²) in [6.45, 7) is -0.380. The standard InChI is InChI=1S/C15H14N2O6/c1-21-10-5-6-11(14(8-10)22-2)12(18)9-23-13-4-3-7-16-15(13)17(19)20/h3-8H,9H2,1-2H3. The summed E-state index contributed by atoms with van der Waals surface area (Å²) in [6, 6.07) is 7.59. The minimum atomic E-state index is -0.673. The minimum absolute atomic E-state index is 0.0710. The molecule has 0 spiro atoms. The van der Waals surface area contributed by atoms with E-state index in [1.54, 1.807) is 18.2 Å². The van der Waals surface area contributed by atoms with Gasteiger partial charge in [0.05, 0.1) is 19.8 Å². The fraction of sp³-hybridized carbons (Fsp3) is 0.200. The highest BCUT2D eigenvalue weighted by atomic mass is 16.6. The third-order valence-electron chi connectivity index (χ3n) is 2.99. The second kappa shape index (κ2) is 7.21. The zero-order valence-corrected chi connectivity index (χ0v) is 12.5. The van der Waals surface area contributed by atoms with Crippen LogP contribution in [0.5, 0.6) is 17.2 Å². The number of nitro groups is 1. The molecule has 0 aliphatic carbocycles. The average Bonchev–Trinajstić information content (AvgIpc) is 2.59. The smallest absolute Gasteiger partial charge is 0.406 e. The van der Waals surface area contributed by atoms with Crippen molar-refractivity contribution < 1.29 is 23.9 Å². The van der Waals surface area contributed by atoms with E-state index >= 15 is 0 Å². The highest BCUT2D eigenvalue weighted by molar-refractivity contribution is 6.00. The fourth-order valence-electron chi connectivity index (χ4n) is 1.88. The van der Waals surface area contributed by atoms with Crippen LogP contribution in [0.2, 0.25) is 0 Å². The summed E-state index contributed by atoms with van der Waals surface area (Å²) in [7, 11) is 2.93. The quantitative estimate of drug-likeness (QED) is 0.438. The second-order valence-corrected chi connectivity index (χ2v) is 4.36. The van der Waals surface area contributed by atoms with Gasteiger partial charge in [-0.15, -0.1) is 0 Å². The number of ether oxygens (including phenoxy) is 3. The van der Waals surface area contributed by atoms with Crippen LogP contribution in [0, 0.1) is 10.1 Å². The summed E-state index contributed by atoms with van der Waals surface area (Å²) >= 11 is 0. The lowest BCUT2D eigenvalue weighted by Gasteiger charge is -2.10. The van der Waals surface area contributed by atoms with Gasteiger partial charge in [-0.3, -0.25) is 4.79 Å². The first-order valence-corrected chi connectivity index (χ1v) is 6.54. The van der Waals surface area contributed by atoms with E-state index in [0.29, 0.717) is 17.1 Å². The van der Waals surface area contributed by atoms with Crippen molar-refractivity contribution in [3.05, 3.63) is 52.2 Å². The number of methoxy groups -OCH3 is 2. The van der Waals surface area contributed by atoms with Crippen LogP contribution >= 0.6 is 0 Å². The van der Waals surface area contributed by atoms with Crippen molar-refractivity contribution >= 4 is 11.6 Å². The largest absolute Gasteiger partial charge is 0.497 e. The molecule has 0 radical (unpaired) electrons. The number of nitrogens with zero attached hydrogens (tertiary/aromatic N) is 2. The first kappa shape index (κ1) is 16.2. The lowest BCUT2D eigenvalue weighted by Crippen LogP contribution is -2.13. The second-order valence-electron chi connectivity index (χ2n) is 4.36. The molecule has 120 valence electrons. The first-order chi connectivity index (χ1) is 11.1. The molecule has 8 heteroatoms. The average molecular weight is 318 g/mol. The number of carbonyl (C=O) groups excluding carboxylic acids is 1. The van der Waals surface area contributed by atoms with Crippen molar-refractivity contribution in [2.75, 3.05) is 20.8 Å². The van der Waals surface area contributed by atoms with Gasteiger partial charge in [0.25, 0.3) is 0 Å². The lowest BCUT2D eigenvalue weighted by atomic mass is 10.1. The van der Waals surface area contributed by atoms with E-state index in [1.165, 1.54) is 32.5 Å². The maximum absolute atomic E-state index is 12.2. The molecule has 0 atom stereocenters. The van der Waals surface area contributed by atoms with Crippen LogP contribution in [0.15, 0.2) is 36.5 Å². The molecule has 0 unspecified atom stereocenters. The van der Waals surface area contributed by atoms with Gasteiger partial charge < -0.3 is 24.3 Å². The molecule has 23 heavy (non-hydrogen) atoms. The molecule has 2 rings (SSSR count). The Morgan fingerprint density at radius 2 is 2.00 bits per heavy atom. The number of aromatic nitrogens is 1. The van der Waals surface area contributed by atoms with Crippen LogP contribution in [-0.4, -0.2) is 36.5 Å². The predicted octanol–water partition coefficient (Wildman–Crippen LogP) is 2.27. The summed E-state index contributed by atoms with van der Waals surface area (Å²) < 4.78 is 15.4. The molecule has 0 saturated carbocycles. The summed E-state index contributed by atoms with van der Waals surface area (Å²) in [5.74, 6) is -0.0242. The Hall–Kier alpha value is -3.16. The van der Waals surface area contributed by atoms with Crippen molar-refractivity contribution in [1.29, 1.82) is 0 Å². The number of ketones is 1. The van der Waals surface area contributed by atoms with Gasteiger partial charge in [0, 0.05) is 6.07 Å². The highest BCUT2D eigenvalue weighted by Gasteiger charge is 2.19. The van der Waals surface area contributed by atoms with Crippen LogP contribution in [0.25, 0.3) is 0 Å². The molecular weight excluding hydrogens is 304 g/mol. The minimum Gasteiger partial charge on any atom is -0.497 e. The molecule has 0 amide bonds. The van der Waals surface area contributed by atoms with Crippen molar-refractivity contribution in [3.63, 3.8) is 0 Å². The Bertz CT molecular complexity index is 732. The van der Waals surface area contributed by atoms with Crippen LogP contribution < -0.4 is 14.2 Å². The maximum Gasteiger partial charge on any atom is 0.406 e. The predicted molar refractivity (Wildman–Crippen MR) is 80.3 cm³/mol. The number of pyridine rings is 1. The zero-order valence-electron chi connectivity index (χ0n) is 12.5. The normalized spacial score (nSPS) is 10.0. The molecule has 8 nitrogen and oxygen atoms in total. The van der Waals surface area contributed by atoms with Crippen LogP contribution in [0.1, 0.15) is 10.4 Å². The van der Waals surface area contributed by atoms with E-state index in [1.807, 2.05) is 0 Å². The fourth-order valence-corrected chi connectivity index (χ4v) is 1.88. The number of Topliss-reactive ketones (excluding diaryl/α,β-unsaturated/α-hetero) is 1. The summed E-state index contributed by atoms with van der Waals surface area (Å²) in [5, 5.41) is 10.9. The third kappa shape index (κ3) is 3.73. The Balaban J connectivity index is 2.16. The summed E-state index contributed by atoms with van der Waals surface area (Å²) in [6.07, 6.45) is 1.28. The van der Waals surface area contributed by atoms with Crippen LogP contribution in [-0.2, 0) is 0 Å². The van der Waals surface area contributed by atoms with E-state index in [2.05, 4.69) is 4.98 Å².